The Labute approximate surface area is 122 Å². The molecule has 0 spiro atoms. The molecule has 0 radical (unpaired) electrons. The van der Waals surface area contributed by atoms with E-state index in [4.69, 9.17) is 5.73 Å². The van der Waals surface area contributed by atoms with Gasteiger partial charge in [-0.2, -0.15) is 0 Å². The topological polar surface area (TPSA) is 83.3 Å². The van der Waals surface area contributed by atoms with Gasteiger partial charge in [-0.15, -0.1) is 0 Å². The number of carbonyl (C=O) groups is 1. The first-order chi connectivity index (χ1) is 9.65. The molecule has 0 unspecified atom stereocenters. The van der Waals surface area contributed by atoms with E-state index in [0.717, 1.165) is 31.1 Å². The van der Waals surface area contributed by atoms with E-state index in [2.05, 4.69) is 15.6 Å². The summed E-state index contributed by atoms with van der Waals surface area (Å²) in [6.45, 7) is 1.93. The van der Waals surface area contributed by atoms with Crippen LogP contribution in [0.4, 0.5) is 10.9 Å². The largest absolute Gasteiger partial charge is 0.382 e. The number of hydrogen-bond donors (Lipinski definition) is 3. The first-order valence-corrected chi connectivity index (χ1v) is 7.97. The zero-order chi connectivity index (χ0) is 14.1. The number of anilines is 2. The molecule has 2 aliphatic rings. The molecule has 110 valence electrons. The van der Waals surface area contributed by atoms with Crippen molar-refractivity contribution in [3.05, 3.63) is 4.88 Å². The molecule has 0 bridgehead atoms. The maximum absolute atomic E-state index is 12.5. The van der Waals surface area contributed by atoms with Gasteiger partial charge in [0, 0.05) is 19.1 Å². The number of carbonyl (C=O) groups excluding carboxylic acids is 1. The number of nitrogens with one attached hydrogen (secondary N) is 2. The lowest BCUT2D eigenvalue weighted by Gasteiger charge is -2.31. The molecule has 2 fully saturated rings. The first kappa shape index (κ1) is 13.6. The van der Waals surface area contributed by atoms with Gasteiger partial charge in [0.25, 0.3) is 5.91 Å². The molecule has 7 heteroatoms. The predicted molar refractivity (Wildman–Crippen MR) is 81.2 cm³/mol. The average Bonchev–Trinajstić information content (AvgIpc) is 3.20. The van der Waals surface area contributed by atoms with Crippen molar-refractivity contribution in [2.24, 2.45) is 0 Å². The van der Waals surface area contributed by atoms with Crippen LogP contribution < -0.4 is 16.4 Å². The minimum Gasteiger partial charge on any atom is -0.382 e. The van der Waals surface area contributed by atoms with Crippen molar-refractivity contribution in [3.63, 3.8) is 0 Å². The fourth-order valence-electron chi connectivity index (χ4n) is 2.47. The molecule has 1 aromatic heterocycles. The van der Waals surface area contributed by atoms with Gasteiger partial charge in [0.1, 0.15) is 10.7 Å². The second-order valence-electron chi connectivity index (χ2n) is 5.55. The second-order valence-corrected chi connectivity index (χ2v) is 6.55. The lowest BCUT2D eigenvalue weighted by atomic mass is 10.1. The summed E-state index contributed by atoms with van der Waals surface area (Å²) >= 11 is 1.37. The molecule has 0 aromatic carbocycles. The van der Waals surface area contributed by atoms with Crippen molar-refractivity contribution in [2.75, 3.05) is 31.2 Å². The number of nitrogen functional groups attached to an aromatic ring is 1. The lowest BCUT2D eigenvalue weighted by molar-refractivity contribution is 0.0709. The number of aromatic nitrogens is 1. The smallest absolute Gasteiger partial charge is 0.267 e. The first-order valence-electron chi connectivity index (χ1n) is 7.16. The standard InChI is InChI=1S/C13H21N5OS/c1-18(9-4-6-15-7-5-9)12(19)10-11(14)17-13(20-10)16-8-2-3-8/h8-9,15H,2-7,14H2,1H3,(H,16,17). The third kappa shape index (κ3) is 2.88. The van der Waals surface area contributed by atoms with Crippen LogP contribution in [-0.4, -0.2) is 48.0 Å². The number of hydrogen-bond acceptors (Lipinski definition) is 6. The number of thiazole rings is 1. The van der Waals surface area contributed by atoms with Crippen LogP contribution >= 0.6 is 11.3 Å². The minimum absolute atomic E-state index is 0.00394. The Morgan fingerprint density at radius 2 is 2.10 bits per heavy atom. The van der Waals surface area contributed by atoms with Crippen molar-refractivity contribution in [1.29, 1.82) is 0 Å². The fourth-order valence-corrected chi connectivity index (χ4v) is 3.41. The molecule has 1 saturated carbocycles. The van der Waals surface area contributed by atoms with Crippen LogP contribution in [0.5, 0.6) is 0 Å². The summed E-state index contributed by atoms with van der Waals surface area (Å²) < 4.78 is 0. The van der Waals surface area contributed by atoms with Crippen LogP contribution in [0.1, 0.15) is 35.4 Å². The third-order valence-electron chi connectivity index (χ3n) is 3.93. The summed E-state index contributed by atoms with van der Waals surface area (Å²) in [5.41, 5.74) is 5.91. The van der Waals surface area contributed by atoms with Crippen molar-refractivity contribution in [2.45, 2.75) is 37.8 Å². The van der Waals surface area contributed by atoms with Gasteiger partial charge in [0.15, 0.2) is 5.13 Å². The van der Waals surface area contributed by atoms with Crippen LogP contribution in [-0.2, 0) is 0 Å². The lowest BCUT2D eigenvalue weighted by Crippen LogP contribution is -2.43. The molecule has 3 rings (SSSR count). The minimum atomic E-state index is -0.00394. The second kappa shape index (κ2) is 5.57. The molecule has 1 aromatic rings. The van der Waals surface area contributed by atoms with E-state index in [1.165, 1.54) is 24.2 Å². The predicted octanol–water partition coefficient (Wildman–Crippen LogP) is 1.12. The van der Waals surface area contributed by atoms with Crippen molar-refractivity contribution >= 4 is 28.2 Å². The van der Waals surface area contributed by atoms with E-state index < -0.39 is 0 Å². The zero-order valence-corrected chi connectivity index (χ0v) is 12.5. The fraction of sp³-hybridized carbons (Fsp3) is 0.692. The van der Waals surface area contributed by atoms with Gasteiger partial charge < -0.3 is 21.3 Å². The van der Waals surface area contributed by atoms with Crippen molar-refractivity contribution < 1.29 is 4.79 Å². The van der Waals surface area contributed by atoms with E-state index in [9.17, 15) is 4.79 Å². The summed E-state index contributed by atoms with van der Waals surface area (Å²) in [5, 5.41) is 7.38. The van der Waals surface area contributed by atoms with Crippen LogP contribution in [0, 0.1) is 0 Å². The third-order valence-corrected chi connectivity index (χ3v) is 4.92. The average molecular weight is 295 g/mol. The Morgan fingerprint density at radius 3 is 2.75 bits per heavy atom. The molecular weight excluding hydrogens is 274 g/mol. The Morgan fingerprint density at radius 1 is 1.40 bits per heavy atom. The van der Waals surface area contributed by atoms with Gasteiger partial charge in [0.05, 0.1) is 0 Å². The van der Waals surface area contributed by atoms with Gasteiger partial charge >= 0.3 is 0 Å². The maximum atomic E-state index is 12.5. The highest BCUT2D eigenvalue weighted by Crippen LogP contribution is 2.31. The Balaban J connectivity index is 1.69. The van der Waals surface area contributed by atoms with Gasteiger partial charge in [0.2, 0.25) is 0 Å². The van der Waals surface area contributed by atoms with Gasteiger partial charge in [-0.3, -0.25) is 4.79 Å². The SMILES string of the molecule is CN(C(=O)c1sc(NC2CC2)nc1N)C1CCNCC1. The highest BCUT2D eigenvalue weighted by atomic mass is 32.1. The van der Waals surface area contributed by atoms with E-state index >= 15 is 0 Å². The molecule has 4 N–H and O–H groups in total. The van der Waals surface area contributed by atoms with E-state index in [1.807, 2.05) is 11.9 Å². The Kier molecular flexibility index (Phi) is 3.80. The summed E-state index contributed by atoms with van der Waals surface area (Å²) in [6.07, 6.45) is 4.34. The maximum Gasteiger partial charge on any atom is 0.267 e. The van der Waals surface area contributed by atoms with E-state index in [0.29, 0.717) is 22.8 Å². The van der Waals surface area contributed by atoms with E-state index in [-0.39, 0.29) is 5.91 Å². The quantitative estimate of drug-likeness (QED) is 0.775. The molecule has 20 heavy (non-hydrogen) atoms. The molecule has 6 nitrogen and oxygen atoms in total. The van der Waals surface area contributed by atoms with Gasteiger partial charge in [-0.25, -0.2) is 4.98 Å². The molecular formula is C13H21N5OS. The summed E-state index contributed by atoms with van der Waals surface area (Å²) in [6, 6.07) is 0.816. The zero-order valence-electron chi connectivity index (χ0n) is 11.7. The molecule has 2 heterocycles. The van der Waals surface area contributed by atoms with Gasteiger partial charge in [-0.05, 0) is 38.8 Å². The normalized spacial score (nSPS) is 19.9. The van der Waals surface area contributed by atoms with Crippen LogP contribution in [0.2, 0.25) is 0 Å². The van der Waals surface area contributed by atoms with Crippen LogP contribution in [0.15, 0.2) is 0 Å². The number of nitrogens with two attached hydrogens (primary N) is 1. The highest BCUT2D eigenvalue weighted by molar-refractivity contribution is 7.18. The summed E-state index contributed by atoms with van der Waals surface area (Å²) in [4.78, 5) is 19.2. The van der Waals surface area contributed by atoms with Crippen LogP contribution in [0.25, 0.3) is 0 Å². The van der Waals surface area contributed by atoms with Gasteiger partial charge in [-0.1, -0.05) is 11.3 Å². The number of rotatable bonds is 4. The highest BCUT2D eigenvalue weighted by Gasteiger charge is 2.28. The Hall–Kier alpha value is -1.34. The summed E-state index contributed by atoms with van der Waals surface area (Å²) in [7, 11) is 1.87. The molecule has 1 saturated heterocycles. The van der Waals surface area contributed by atoms with E-state index in [1.54, 1.807) is 0 Å². The molecule has 1 aliphatic heterocycles. The monoisotopic (exact) mass is 295 g/mol. The number of amides is 1. The Bertz CT molecular complexity index is 493. The van der Waals surface area contributed by atoms with Crippen molar-refractivity contribution in [3.8, 4) is 0 Å². The molecule has 1 aliphatic carbocycles. The number of piperidine rings is 1. The van der Waals surface area contributed by atoms with Crippen molar-refractivity contribution in [1.82, 2.24) is 15.2 Å². The summed E-state index contributed by atoms with van der Waals surface area (Å²) in [5.74, 6) is 0.347. The molecule has 1 amide bonds. The van der Waals surface area contributed by atoms with Crippen LogP contribution in [0.3, 0.4) is 0 Å². The number of nitrogens with zero attached hydrogens (tertiary/aromatic N) is 2. The molecule has 0 atom stereocenters.